The van der Waals surface area contributed by atoms with Gasteiger partial charge in [-0.2, -0.15) is 0 Å². The Hall–Kier alpha value is -1.13. The number of amides is 1. The van der Waals surface area contributed by atoms with E-state index in [0.717, 1.165) is 6.54 Å². The summed E-state index contributed by atoms with van der Waals surface area (Å²) in [4.78, 5) is 11.5. The molecule has 0 fully saturated rings. The van der Waals surface area contributed by atoms with Gasteiger partial charge in [-0.25, -0.2) is 4.39 Å². The van der Waals surface area contributed by atoms with Gasteiger partial charge in [0.15, 0.2) is 5.82 Å². The van der Waals surface area contributed by atoms with Gasteiger partial charge in [0.25, 0.3) is 5.91 Å². The van der Waals surface area contributed by atoms with Gasteiger partial charge in [0.2, 0.25) is 0 Å². The maximum Gasteiger partial charge on any atom is 0.254 e. The highest BCUT2D eigenvalue weighted by atomic mass is 35.5. The Bertz CT molecular complexity index is 371. The fraction of sp³-hybridized carbons (Fsp3) is 0.364. The quantitative estimate of drug-likeness (QED) is 0.776. The first-order valence-electron chi connectivity index (χ1n) is 5.09. The maximum atomic E-state index is 13.4. The SMILES string of the molecule is CCNCCNC(=O)c1cccc(Cl)c1F. The lowest BCUT2D eigenvalue weighted by Crippen LogP contribution is -2.32. The molecule has 0 atom stereocenters. The lowest BCUT2D eigenvalue weighted by atomic mass is 10.2. The van der Waals surface area contributed by atoms with Crippen LogP contribution in [0.1, 0.15) is 17.3 Å². The molecule has 16 heavy (non-hydrogen) atoms. The maximum absolute atomic E-state index is 13.4. The molecule has 0 aliphatic carbocycles. The summed E-state index contributed by atoms with van der Waals surface area (Å²) in [6.45, 7) is 3.92. The third kappa shape index (κ3) is 3.47. The number of carbonyl (C=O) groups is 1. The van der Waals surface area contributed by atoms with E-state index < -0.39 is 11.7 Å². The van der Waals surface area contributed by atoms with E-state index in [1.54, 1.807) is 6.07 Å². The highest BCUT2D eigenvalue weighted by Crippen LogP contribution is 2.17. The van der Waals surface area contributed by atoms with Crippen molar-refractivity contribution in [2.75, 3.05) is 19.6 Å². The number of benzene rings is 1. The van der Waals surface area contributed by atoms with Crippen molar-refractivity contribution in [2.45, 2.75) is 6.92 Å². The Morgan fingerprint density at radius 3 is 2.88 bits per heavy atom. The molecule has 1 aromatic carbocycles. The van der Waals surface area contributed by atoms with Gasteiger partial charge in [-0.15, -0.1) is 0 Å². The van der Waals surface area contributed by atoms with Crippen LogP contribution in [0.4, 0.5) is 4.39 Å². The summed E-state index contributed by atoms with van der Waals surface area (Å²) in [6.07, 6.45) is 0. The summed E-state index contributed by atoms with van der Waals surface area (Å²) in [5, 5.41) is 5.61. The van der Waals surface area contributed by atoms with E-state index in [0.29, 0.717) is 13.1 Å². The van der Waals surface area contributed by atoms with Crippen molar-refractivity contribution in [2.24, 2.45) is 0 Å². The van der Waals surface area contributed by atoms with Gasteiger partial charge in [-0.05, 0) is 18.7 Å². The molecule has 0 spiro atoms. The van der Waals surface area contributed by atoms with Crippen LogP contribution in [0.2, 0.25) is 5.02 Å². The normalized spacial score (nSPS) is 10.2. The monoisotopic (exact) mass is 244 g/mol. The van der Waals surface area contributed by atoms with Crippen LogP contribution in [0.5, 0.6) is 0 Å². The van der Waals surface area contributed by atoms with Crippen molar-refractivity contribution in [1.29, 1.82) is 0 Å². The van der Waals surface area contributed by atoms with Crippen LogP contribution < -0.4 is 10.6 Å². The molecule has 0 aliphatic rings. The van der Waals surface area contributed by atoms with Gasteiger partial charge < -0.3 is 10.6 Å². The molecule has 2 N–H and O–H groups in total. The van der Waals surface area contributed by atoms with Gasteiger partial charge in [0, 0.05) is 13.1 Å². The highest BCUT2D eigenvalue weighted by molar-refractivity contribution is 6.31. The van der Waals surface area contributed by atoms with Gasteiger partial charge in [0.05, 0.1) is 10.6 Å². The van der Waals surface area contributed by atoms with Crippen LogP contribution in [-0.2, 0) is 0 Å². The second kappa shape index (κ2) is 6.45. The molecule has 3 nitrogen and oxygen atoms in total. The molecule has 0 aliphatic heterocycles. The van der Waals surface area contributed by atoms with Crippen molar-refractivity contribution in [1.82, 2.24) is 10.6 Å². The molecule has 0 saturated carbocycles. The number of halogens is 2. The fourth-order valence-corrected chi connectivity index (χ4v) is 1.39. The molecule has 88 valence electrons. The van der Waals surface area contributed by atoms with E-state index in [1.165, 1.54) is 12.1 Å². The zero-order valence-corrected chi connectivity index (χ0v) is 9.77. The predicted octanol–water partition coefficient (Wildman–Crippen LogP) is 1.82. The van der Waals surface area contributed by atoms with Crippen LogP contribution in [-0.4, -0.2) is 25.5 Å². The molecule has 5 heteroatoms. The van der Waals surface area contributed by atoms with Crippen molar-refractivity contribution in [3.63, 3.8) is 0 Å². The molecule has 1 amide bonds. The molecule has 1 aromatic rings. The van der Waals surface area contributed by atoms with Gasteiger partial charge >= 0.3 is 0 Å². The summed E-state index contributed by atoms with van der Waals surface area (Å²) >= 11 is 5.57. The third-order valence-corrected chi connectivity index (χ3v) is 2.33. The minimum absolute atomic E-state index is 0.0241. The van der Waals surface area contributed by atoms with Crippen LogP contribution in [0.3, 0.4) is 0 Å². The van der Waals surface area contributed by atoms with E-state index in [2.05, 4.69) is 10.6 Å². The van der Waals surface area contributed by atoms with Crippen molar-refractivity contribution in [3.05, 3.63) is 34.6 Å². The van der Waals surface area contributed by atoms with Gasteiger partial charge in [-0.1, -0.05) is 24.6 Å². The standard InChI is InChI=1S/C11H14ClFN2O/c1-2-14-6-7-15-11(16)8-4-3-5-9(12)10(8)13/h3-5,14H,2,6-7H2,1H3,(H,15,16). The van der Waals surface area contributed by atoms with Gasteiger partial charge in [0.1, 0.15) is 0 Å². The van der Waals surface area contributed by atoms with Crippen LogP contribution in [0.25, 0.3) is 0 Å². The minimum atomic E-state index is -0.676. The Morgan fingerprint density at radius 1 is 1.44 bits per heavy atom. The summed E-state index contributed by atoms with van der Waals surface area (Å²) in [7, 11) is 0. The first-order chi connectivity index (χ1) is 7.66. The smallest absolute Gasteiger partial charge is 0.254 e. The Morgan fingerprint density at radius 2 is 2.19 bits per heavy atom. The Kier molecular flexibility index (Phi) is 5.22. The van der Waals surface area contributed by atoms with Crippen molar-refractivity contribution < 1.29 is 9.18 Å². The largest absolute Gasteiger partial charge is 0.351 e. The Balaban J connectivity index is 2.56. The molecule has 0 bridgehead atoms. The first-order valence-corrected chi connectivity index (χ1v) is 5.47. The topological polar surface area (TPSA) is 41.1 Å². The molecular weight excluding hydrogens is 231 g/mol. The van der Waals surface area contributed by atoms with Crippen molar-refractivity contribution >= 4 is 17.5 Å². The molecule has 0 heterocycles. The first kappa shape index (κ1) is 12.9. The van der Waals surface area contributed by atoms with E-state index in [1.807, 2.05) is 6.92 Å². The molecule has 0 radical (unpaired) electrons. The number of likely N-dealkylation sites (N-methyl/N-ethyl adjacent to an activating group) is 1. The second-order valence-corrected chi connectivity index (χ2v) is 3.62. The number of nitrogens with one attached hydrogen (secondary N) is 2. The van der Waals surface area contributed by atoms with Crippen molar-refractivity contribution in [3.8, 4) is 0 Å². The molecular formula is C11H14ClFN2O. The fourth-order valence-electron chi connectivity index (χ4n) is 1.22. The minimum Gasteiger partial charge on any atom is -0.351 e. The zero-order chi connectivity index (χ0) is 12.0. The number of hydrogen-bond donors (Lipinski definition) is 2. The average molecular weight is 245 g/mol. The zero-order valence-electron chi connectivity index (χ0n) is 9.02. The number of carbonyl (C=O) groups excluding carboxylic acids is 1. The molecule has 0 aromatic heterocycles. The molecule has 1 rings (SSSR count). The molecule has 0 saturated heterocycles. The van der Waals surface area contributed by atoms with E-state index in [-0.39, 0.29) is 10.6 Å². The summed E-state index contributed by atoms with van der Waals surface area (Å²) in [5.74, 6) is -1.12. The van der Waals surface area contributed by atoms with Crippen LogP contribution in [0.15, 0.2) is 18.2 Å². The van der Waals surface area contributed by atoms with Crippen LogP contribution in [0, 0.1) is 5.82 Å². The van der Waals surface area contributed by atoms with Gasteiger partial charge in [-0.3, -0.25) is 4.79 Å². The lowest BCUT2D eigenvalue weighted by Gasteiger charge is -2.06. The predicted molar refractivity (Wildman–Crippen MR) is 62.3 cm³/mol. The highest BCUT2D eigenvalue weighted by Gasteiger charge is 2.12. The number of rotatable bonds is 5. The number of hydrogen-bond acceptors (Lipinski definition) is 2. The average Bonchev–Trinajstić information content (AvgIpc) is 2.28. The van der Waals surface area contributed by atoms with Crippen LogP contribution >= 0.6 is 11.6 Å². The van der Waals surface area contributed by atoms with E-state index in [4.69, 9.17) is 11.6 Å². The van der Waals surface area contributed by atoms with E-state index >= 15 is 0 Å². The Labute approximate surface area is 99.0 Å². The molecule has 0 unspecified atom stereocenters. The van der Waals surface area contributed by atoms with E-state index in [9.17, 15) is 9.18 Å². The third-order valence-electron chi connectivity index (χ3n) is 2.03. The summed E-state index contributed by atoms with van der Waals surface area (Å²) in [5.41, 5.74) is -0.0241. The summed E-state index contributed by atoms with van der Waals surface area (Å²) in [6, 6.07) is 4.36. The summed E-state index contributed by atoms with van der Waals surface area (Å²) < 4.78 is 13.4. The lowest BCUT2D eigenvalue weighted by molar-refractivity contribution is 0.0950. The second-order valence-electron chi connectivity index (χ2n) is 3.21.